The van der Waals surface area contributed by atoms with Gasteiger partial charge in [0.2, 0.25) is 0 Å². The van der Waals surface area contributed by atoms with Crippen molar-refractivity contribution in [1.82, 2.24) is 0 Å². The van der Waals surface area contributed by atoms with E-state index in [1.165, 1.54) is 57.8 Å². The van der Waals surface area contributed by atoms with E-state index < -0.39 is 0 Å². The van der Waals surface area contributed by atoms with Gasteiger partial charge in [-0.15, -0.1) is 0 Å². The van der Waals surface area contributed by atoms with Crippen LogP contribution in [0.25, 0.3) is 0 Å². The van der Waals surface area contributed by atoms with E-state index in [-0.39, 0.29) is 0 Å². The molecule has 1 aliphatic carbocycles. The van der Waals surface area contributed by atoms with Gasteiger partial charge in [0.1, 0.15) is 0 Å². The summed E-state index contributed by atoms with van der Waals surface area (Å²) in [5, 5.41) is 0. The molecule has 2 rings (SSSR count). The van der Waals surface area contributed by atoms with E-state index in [0.717, 1.165) is 17.4 Å². The molecule has 0 N–H and O–H groups in total. The molecule has 2 atom stereocenters. The third-order valence-corrected chi connectivity index (χ3v) is 5.15. The van der Waals surface area contributed by atoms with Gasteiger partial charge < -0.3 is 4.74 Å². The summed E-state index contributed by atoms with van der Waals surface area (Å²) in [7, 11) is 0. The standard InChI is InChI=1S/C13H23BrO/c14-13(11-5-1-2-6-11)9-3-7-12-8-4-10-15-12/h11-13H,1-10H2. The van der Waals surface area contributed by atoms with Gasteiger partial charge in [0.25, 0.3) is 0 Å². The molecule has 88 valence electrons. The van der Waals surface area contributed by atoms with Crippen molar-refractivity contribution in [2.24, 2.45) is 5.92 Å². The smallest absolute Gasteiger partial charge is 0.0576 e. The second-order valence-corrected chi connectivity index (χ2v) is 6.30. The number of rotatable bonds is 5. The maximum atomic E-state index is 5.64. The Kier molecular flexibility index (Phi) is 4.96. The zero-order chi connectivity index (χ0) is 10.5. The summed E-state index contributed by atoms with van der Waals surface area (Å²) in [5.74, 6) is 0.967. The first kappa shape index (κ1) is 11.9. The van der Waals surface area contributed by atoms with Gasteiger partial charge >= 0.3 is 0 Å². The van der Waals surface area contributed by atoms with E-state index in [1.54, 1.807) is 0 Å². The Morgan fingerprint density at radius 3 is 2.60 bits per heavy atom. The molecule has 0 radical (unpaired) electrons. The molecule has 1 saturated heterocycles. The molecular formula is C13H23BrO. The van der Waals surface area contributed by atoms with Crippen LogP contribution in [-0.2, 0) is 4.74 Å². The SMILES string of the molecule is BrC(CCCC1CCCO1)C1CCCC1. The molecule has 2 fully saturated rings. The lowest BCUT2D eigenvalue weighted by Crippen LogP contribution is -2.12. The molecule has 1 heterocycles. The van der Waals surface area contributed by atoms with Crippen molar-refractivity contribution in [1.29, 1.82) is 0 Å². The molecule has 2 heteroatoms. The van der Waals surface area contributed by atoms with Gasteiger partial charge in [-0.2, -0.15) is 0 Å². The first-order chi connectivity index (χ1) is 7.36. The van der Waals surface area contributed by atoms with Gasteiger partial charge in [-0.25, -0.2) is 0 Å². The molecule has 0 aromatic heterocycles. The van der Waals surface area contributed by atoms with E-state index >= 15 is 0 Å². The molecule has 0 bridgehead atoms. The summed E-state index contributed by atoms with van der Waals surface area (Å²) < 4.78 is 5.64. The predicted octanol–water partition coefficient (Wildman–Crippen LogP) is 4.29. The molecular weight excluding hydrogens is 252 g/mol. The molecule has 1 aliphatic heterocycles. The van der Waals surface area contributed by atoms with Gasteiger partial charge in [-0.3, -0.25) is 0 Å². The number of alkyl halides is 1. The molecule has 15 heavy (non-hydrogen) atoms. The molecule has 2 unspecified atom stereocenters. The Morgan fingerprint density at radius 2 is 1.93 bits per heavy atom. The van der Waals surface area contributed by atoms with Crippen LogP contribution in [0.3, 0.4) is 0 Å². The topological polar surface area (TPSA) is 9.23 Å². The van der Waals surface area contributed by atoms with Crippen molar-refractivity contribution in [2.45, 2.75) is 68.7 Å². The first-order valence-corrected chi connectivity index (χ1v) is 7.53. The van der Waals surface area contributed by atoms with Crippen LogP contribution >= 0.6 is 15.9 Å². The molecule has 1 nitrogen and oxygen atoms in total. The minimum atomic E-state index is 0.591. The molecule has 0 aromatic carbocycles. The highest BCUT2D eigenvalue weighted by molar-refractivity contribution is 9.09. The molecule has 0 amide bonds. The van der Waals surface area contributed by atoms with Crippen molar-refractivity contribution in [3.8, 4) is 0 Å². The quantitative estimate of drug-likeness (QED) is 0.680. The average molecular weight is 275 g/mol. The lowest BCUT2D eigenvalue weighted by molar-refractivity contribution is 0.102. The second kappa shape index (κ2) is 6.24. The zero-order valence-electron chi connectivity index (χ0n) is 9.59. The monoisotopic (exact) mass is 274 g/mol. The molecule has 1 saturated carbocycles. The fourth-order valence-corrected chi connectivity index (χ4v) is 3.82. The van der Waals surface area contributed by atoms with Crippen LogP contribution in [0.2, 0.25) is 0 Å². The summed E-state index contributed by atoms with van der Waals surface area (Å²) in [4.78, 5) is 0.779. The number of hydrogen-bond acceptors (Lipinski definition) is 1. The van der Waals surface area contributed by atoms with Crippen molar-refractivity contribution >= 4 is 15.9 Å². The van der Waals surface area contributed by atoms with Crippen LogP contribution in [0.15, 0.2) is 0 Å². The third kappa shape index (κ3) is 3.74. The summed E-state index contributed by atoms with van der Waals surface area (Å²) in [6.07, 6.45) is 13.0. The van der Waals surface area contributed by atoms with E-state index in [9.17, 15) is 0 Å². The fourth-order valence-electron chi connectivity index (χ4n) is 2.97. The maximum Gasteiger partial charge on any atom is 0.0576 e. The molecule has 0 spiro atoms. The Hall–Kier alpha value is 0.440. The Balaban J connectivity index is 1.56. The minimum absolute atomic E-state index is 0.591. The number of hydrogen-bond donors (Lipinski definition) is 0. The van der Waals surface area contributed by atoms with Gasteiger partial charge in [-0.05, 0) is 50.9 Å². The summed E-state index contributed by atoms with van der Waals surface area (Å²) >= 11 is 3.87. The summed E-state index contributed by atoms with van der Waals surface area (Å²) in [6.45, 7) is 1.00. The zero-order valence-corrected chi connectivity index (χ0v) is 11.2. The fraction of sp³-hybridized carbons (Fsp3) is 1.00. The molecule has 0 aromatic rings. The van der Waals surface area contributed by atoms with Crippen LogP contribution in [0.1, 0.15) is 57.8 Å². The largest absolute Gasteiger partial charge is 0.378 e. The van der Waals surface area contributed by atoms with Crippen molar-refractivity contribution in [3.05, 3.63) is 0 Å². The normalized spacial score (nSPS) is 29.8. The van der Waals surface area contributed by atoms with Crippen molar-refractivity contribution in [2.75, 3.05) is 6.61 Å². The average Bonchev–Trinajstić information content (AvgIpc) is 2.90. The van der Waals surface area contributed by atoms with Crippen molar-refractivity contribution in [3.63, 3.8) is 0 Å². The van der Waals surface area contributed by atoms with Gasteiger partial charge in [-0.1, -0.05) is 28.8 Å². The van der Waals surface area contributed by atoms with Crippen molar-refractivity contribution < 1.29 is 4.74 Å². The Bertz CT molecular complexity index is 171. The highest BCUT2D eigenvalue weighted by atomic mass is 79.9. The maximum absolute atomic E-state index is 5.64. The van der Waals surface area contributed by atoms with Gasteiger partial charge in [0.15, 0.2) is 0 Å². The van der Waals surface area contributed by atoms with E-state index in [2.05, 4.69) is 15.9 Å². The Labute approximate surface area is 102 Å². The second-order valence-electron chi connectivity index (χ2n) is 5.13. The summed E-state index contributed by atoms with van der Waals surface area (Å²) in [5.41, 5.74) is 0. The third-order valence-electron chi connectivity index (χ3n) is 3.94. The van der Waals surface area contributed by atoms with Crippen LogP contribution in [0.4, 0.5) is 0 Å². The lowest BCUT2D eigenvalue weighted by atomic mass is 9.98. The number of halogens is 1. The van der Waals surface area contributed by atoms with Crippen LogP contribution < -0.4 is 0 Å². The first-order valence-electron chi connectivity index (χ1n) is 6.62. The van der Waals surface area contributed by atoms with Gasteiger partial charge in [0.05, 0.1) is 6.10 Å². The highest BCUT2D eigenvalue weighted by Crippen LogP contribution is 2.34. The van der Waals surface area contributed by atoms with E-state index in [1.807, 2.05) is 0 Å². The number of ether oxygens (including phenoxy) is 1. The minimum Gasteiger partial charge on any atom is -0.378 e. The predicted molar refractivity (Wildman–Crippen MR) is 67.5 cm³/mol. The van der Waals surface area contributed by atoms with E-state index in [0.29, 0.717) is 6.10 Å². The van der Waals surface area contributed by atoms with E-state index in [4.69, 9.17) is 4.74 Å². The molecule has 2 aliphatic rings. The van der Waals surface area contributed by atoms with Crippen LogP contribution in [-0.4, -0.2) is 17.5 Å². The van der Waals surface area contributed by atoms with Crippen LogP contribution in [0, 0.1) is 5.92 Å². The summed E-state index contributed by atoms with van der Waals surface area (Å²) in [6, 6.07) is 0. The lowest BCUT2D eigenvalue weighted by Gasteiger charge is -2.17. The Morgan fingerprint density at radius 1 is 1.13 bits per heavy atom. The van der Waals surface area contributed by atoms with Crippen LogP contribution in [0.5, 0.6) is 0 Å². The highest BCUT2D eigenvalue weighted by Gasteiger charge is 2.23. The van der Waals surface area contributed by atoms with Gasteiger partial charge in [0, 0.05) is 11.4 Å².